The number of nitro benzene ring substituents is 1. The molecule has 0 spiro atoms. The van der Waals surface area contributed by atoms with E-state index < -0.39 is 16.4 Å². The van der Waals surface area contributed by atoms with Gasteiger partial charge in [-0.25, -0.2) is 0 Å². The third kappa shape index (κ3) is 2.61. The predicted molar refractivity (Wildman–Crippen MR) is 66.3 cm³/mol. The highest BCUT2D eigenvalue weighted by molar-refractivity contribution is 7.99. The normalized spacial score (nSPS) is 15.5. The van der Waals surface area contributed by atoms with Gasteiger partial charge in [0.05, 0.1) is 4.92 Å². The van der Waals surface area contributed by atoms with E-state index in [1.54, 1.807) is 16.7 Å². The van der Waals surface area contributed by atoms with Crippen LogP contribution in [0.25, 0.3) is 0 Å². The lowest BCUT2D eigenvalue weighted by molar-refractivity contribution is -0.387. The van der Waals surface area contributed by atoms with Gasteiger partial charge in [-0.3, -0.25) is 14.9 Å². The van der Waals surface area contributed by atoms with E-state index in [0.717, 1.165) is 23.6 Å². The van der Waals surface area contributed by atoms with Gasteiger partial charge < -0.3 is 4.90 Å². The minimum atomic E-state index is -0.925. The molecule has 0 N–H and O–H groups in total. The second-order valence-corrected chi connectivity index (χ2v) is 5.05. The van der Waals surface area contributed by atoms with E-state index >= 15 is 0 Å². The number of rotatable bonds is 2. The number of halogens is 1. The molecule has 1 aliphatic rings. The Bertz CT molecular complexity index is 489. The van der Waals surface area contributed by atoms with Gasteiger partial charge in [-0.15, -0.1) is 0 Å². The summed E-state index contributed by atoms with van der Waals surface area (Å²) in [5, 5.41) is 10.6. The molecule has 1 aromatic rings. The maximum Gasteiger partial charge on any atom is 0.305 e. The van der Waals surface area contributed by atoms with Gasteiger partial charge in [0.15, 0.2) is 0 Å². The van der Waals surface area contributed by atoms with Gasteiger partial charge in [-0.2, -0.15) is 16.2 Å². The Labute approximate surface area is 107 Å². The maximum atomic E-state index is 13.2. The first-order valence-electron chi connectivity index (χ1n) is 5.40. The first kappa shape index (κ1) is 12.8. The fourth-order valence-electron chi connectivity index (χ4n) is 1.73. The SMILES string of the molecule is O=C(c1ccc(F)c([N+](=O)[O-])c1)N1CCSCC1. The van der Waals surface area contributed by atoms with Crippen molar-refractivity contribution in [1.82, 2.24) is 4.90 Å². The third-order valence-corrected chi connectivity index (χ3v) is 3.63. The smallest absolute Gasteiger partial charge is 0.305 e. The quantitative estimate of drug-likeness (QED) is 0.608. The van der Waals surface area contributed by atoms with Gasteiger partial charge in [0, 0.05) is 36.2 Å². The molecule has 1 amide bonds. The molecule has 1 aromatic carbocycles. The summed E-state index contributed by atoms with van der Waals surface area (Å²) in [6.45, 7) is 1.24. The Morgan fingerprint density at radius 3 is 2.67 bits per heavy atom. The van der Waals surface area contributed by atoms with Crippen molar-refractivity contribution in [2.45, 2.75) is 0 Å². The predicted octanol–water partition coefficient (Wildman–Crippen LogP) is 1.92. The van der Waals surface area contributed by atoms with Crippen LogP contribution < -0.4 is 0 Å². The van der Waals surface area contributed by atoms with Gasteiger partial charge in [0.25, 0.3) is 5.91 Å². The van der Waals surface area contributed by atoms with Crippen molar-refractivity contribution in [2.75, 3.05) is 24.6 Å². The van der Waals surface area contributed by atoms with Crippen molar-refractivity contribution in [3.63, 3.8) is 0 Å². The van der Waals surface area contributed by atoms with Gasteiger partial charge >= 0.3 is 5.69 Å². The molecule has 1 fully saturated rings. The molecule has 7 heteroatoms. The zero-order chi connectivity index (χ0) is 13.1. The topological polar surface area (TPSA) is 63.4 Å². The van der Waals surface area contributed by atoms with E-state index in [1.807, 2.05) is 0 Å². The van der Waals surface area contributed by atoms with E-state index in [-0.39, 0.29) is 11.5 Å². The van der Waals surface area contributed by atoms with Crippen LogP contribution >= 0.6 is 11.8 Å². The molecule has 1 saturated heterocycles. The van der Waals surface area contributed by atoms with E-state index in [2.05, 4.69) is 0 Å². The molecule has 0 radical (unpaired) electrons. The van der Waals surface area contributed by atoms with Crippen LogP contribution in [-0.4, -0.2) is 40.3 Å². The molecule has 96 valence electrons. The Morgan fingerprint density at radius 1 is 1.39 bits per heavy atom. The van der Waals surface area contributed by atoms with Crippen molar-refractivity contribution in [1.29, 1.82) is 0 Å². The lowest BCUT2D eigenvalue weighted by Gasteiger charge is -2.26. The van der Waals surface area contributed by atoms with Crippen LogP contribution in [0.5, 0.6) is 0 Å². The molecule has 0 unspecified atom stereocenters. The molecule has 18 heavy (non-hydrogen) atoms. The summed E-state index contributed by atoms with van der Waals surface area (Å²) in [5.41, 5.74) is -0.498. The van der Waals surface area contributed by atoms with Crippen LogP contribution in [-0.2, 0) is 0 Å². The molecule has 1 heterocycles. The van der Waals surface area contributed by atoms with E-state index in [9.17, 15) is 19.3 Å². The molecule has 0 aliphatic carbocycles. The van der Waals surface area contributed by atoms with Gasteiger partial charge in [-0.05, 0) is 12.1 Å². The Kier molecular flexibility index (Phi) is 3.81. The van der Waals surface area contributed by atoms with Crippen molar-refractivity contribution >= 4 is 23.4 Å². The van der Waals surface area contributed by atoms with Crippen LogP contribution in [0.15, 0.2) is 18.2 Å². The minimum absolute atomic E-state index is 0.162. The molecular formula is C11H11FN2O3S. The summed E-state index contributed by atoms with van der Waals surface area (Å²) < 4.78 is 13.2. The van der Waals surface area contributed by atoms with Crippen LogP contribution in [0.2, 0.25) is 0 Å². The lowest BCUT2D eigenvalue weighted by atomic mass is 10.1. The highest BCUT2D eigenvalue weighted by Crippen LogP contribution is 2.20. The van der Waals surface area contributed by atoms with Crippen LogP contribution in [0.4, 0.5) is 10.1 Å². The van der Waals surface area contributed by atoms with Crippen LogP contribution in [0, 0.1) is 15.9 Å². The number of hydrogen-bond acceptors (Lipinski definition) is 4. The summed E-state index contributed by atoms with van der Waals surface area (Å²) in [6.07, 6.45) is 0. The summed E-state index contributed by atoms with van der Waals surface area (Å²) in [4.78, 5) is 23.5. The number of benzene rings is 1. The maximum absolute atomic E-state index is 13.2. The number of nitro groups is 1. The van der Waals surface area contributed by atoms with Gasteiger partial charge in [0.2, 0.25) is 5.82 Å². The van der Waals surface area contributed by atoms with Crippen LogP contribution in [0.1, 0.15) is 10.4 Å². The average molecular weight is 270 g/mol. The number of carbonyl (C=O) groups excluding carboxylic acids is 1. The highest BCUT2D eigenvalue weighted by atomic mass is 32.2. The largest absolute Gasteiger partial charge is 0.337 e. The standard InChI is InChI=1S/C11H11FN2O3S/c12-9-2-1-8(7-10(9)14(16)17)11(15)13-3-5-18-6-4-13/h1-2,7H,3-6H2. The summed E-state index contributed by atoms with van der Waals surface area (Å²) in [5.74, 6) is 0.508. The number of amides is 1. The molecule has 1 aliphatic heterocycles. The van der Waals surface area contributed by atoms with Crippen molar-refractivity contribution in [3.05, 3.63) is 39.7 Å². The minimum Gasteiger partial charge on any atom is -0.337 e. The number of hydrogen-bond donors (Lipinski definition) is 0. The zero-order valence-corrected chi connectivity index (χ0v) is 10.3. The number of nitrogens with zero attached hydrogens (tertiary/aromatic N) is 2. The first-order valence-corrected chi connectivity index (χ1v) is 6.56. The summed E-state index contributed by atoms with van der Waals surface area (Å²) in [6, 6.07) is 3.25. The highest BCUT2D eigenvalue weighted by Gasteiger charge is 2.22. The fraction of sp³-hybridized carbons (Fsp3) is 0.364. The molecular weight excluding hydrogens is 259 g/mol. The molecule has 0 aromatic heterocycles. The van der Waals surface area contributed by atoms with Crippen molar-refractivity contribution in [2.24, 2.45) is 0 Å². The van der Waals surface area contributed by atoms with E-state index in [1.165, 1.54) is 6.07 Å². The Balaban J connectivity index is 2.24. The monoisotopic (exact) mass is 270 g/mol. The Hall–Kier alpha value is -1.63. The molecule has 0 saturated carbocycles. The van der Waals surface area contributed by atoms with Crippen molar-refractivity contribution < 1.29 is 14.1 Å². The second kappa shape index (κ2) is 5.34. The second-order valence-electron chi connectivity index (χ2n) is 3.83. The van der Waals surface area contributed by atoms with Gasteiger partial charge in [0.1, 0.15) is 0 Å². The zero-order valence-electron chi connectivity index (χ0n) is 9.47. The third-order valence-electron chi connectivity index (χ3n) is 2.69. The summed E-state index contributed by atoms with van der Waals surface area (Å²) >= 11 is 1.76. The molecule has 2 rings (SSSR count). The van der Waals surface area contributed by atoms with E-state index in [4.69, 9.17) is 0 Å². The Morgan fingerprint density at radius 2 is 2.06 bits per heavy atom. The van der Waals surface area contributed by atoms with Crippen molar-refractivity contribution in [3.8, 4) is 0 Å². The summed E-state index contributed by atoms with van der Waals surface area (Å²) in [7, 11) is 0. The number of thioether (sulfide) groups is 1. The molecule has 0 atom stereocenters. The average Bonchev–Trinajstić information content (AvgIpc) is 2.39. The number of carbonyl (C=O) groups is 1. The van der Waals surface area contributed by atoms with E-state index in [0.29, 0.717) is 13.1 Å². The van der Waals surface area contributed by atoms with Crippen LogP contribution in [0.3, 0.4) is 0 Å². The lowest BCUT2D eigenvalue weighted by Crippen LogP contribution is -2.37. The molecule has 0 bridgehead atoms. The first-order chi connectivity index (χ1) is 8.59. The van der Waals surface area contributed by atoms with Gasteiger partial charge in [-0.1, -0.05) is 0 Å². The molecule has 5 nitrogen and oxygen atoms in total. The fourth-order valence-corrected chi connectivity index (χ4v) is 2.64.